The van der Waals surface area contributed by atoms with Crippen LogP contribution in [0.2, 0.25) is 0 Å². The van der Waals surface area contributed by atoms with Gasteiger partial charge in [0.15, 0.2) is 0 Å². The lowest BCUT2D eigenvalue weighted by Gasteiger charge is -2.24. The number of carbonyl (C=O) groups is 3. The normalized spacial score (nSPS) is 13.8. The molecule has 38 heavy (non-hydrogen) atoms. The summed E-state index contributed by atoms with van der Waals surface area (Å²) in [6.45, 7) is 8.94. The molecule has 0 aliphatic heterocycles. The Morgan fingerprint density at radius 3 is 2.21 bits per heavy atom. The highest BCUT2D eigenvalue weighted by Crippen LogP contribution is 2.20. The van der Waals surface area contributed by atoms with E-state index < -0.39 is 18.0 Å². The molecule has 2 aromatic rings. The second-order valence-corrected chi connectivity index (χ2v) is 9.43. The lowest BCUT2D eigenvalue weighted by molar-refractivity contribution is -0.150. The van der Waals surface area contributed by atoms with Crippen LogP contribution in [0.4, 0.5) is 0 Å². The smallest absolute Gasteiger partial charge is 0.309 e. The van der Waals surface area contributed by atoms with E-state index in [2.05, 4.69) is 23.8 Å². The zero-order valence-electron chi connectivity index (χ0n) is 22.2. The van der Waals surface area contributed by atoms with Gasteiger partial charge in [-0.15, -0.1) is 13.2 Å². The van der Waals surface area contributed by atoms with Crippen LogP contribution in [0.15, 0.2) is 86.0 Å². The van der Waals surface area contributed by atoms with Gasteiger partial charge in [0.2, 0.25) is 11.8 Å². The summed E-state index contributed by atoms with van der Waals surface area (Å²) in [4.78, 5) is 38.7. The van der Waals surface area contributed by atoms with Gasteiger partial charge in [0.1, 0.15) is 6.61 Å². The first-order valence-corrected chi connectivity index (χ1v) is 13.1. The van der Waals surface area contributed by atoms with Crippen molar-refractivity contribution in [3.8, 4) is 0 Å². The van der Waals surface area contributed by atoms with Crippen LogP contribution in [0, 0.1) is 11.8 Å². The first kappa shape index (κ1) is 30.5. The van der Waals surface area contributed by atoms with Gasteiger partial charge in [-0.25, -0.2) is 0 Å². The largest absolute Gasteiger partial charge is 0.463 e. The predicted octanol–water partition coefficient (Wildman–Crippen LogP) is 4.29. The summed E-state index contributed by atoms with van der Waals surface area (Å²) in [7, 11) is 0. The SMILES string of the molecule is C=CCCC(Cc1ccccc1)C(=O)OCC(NC(=O)C(CC=C)CC(=O)NC(C)CO)c1ccccc1. The van der Waals surface area contributed by atoms with Gasteiger partial charge < -0.3 is 20.5 Å². The van der Waals surface area contributed by atoms with Crippen LogP contribution in [0.3, 0.4) is 0 Å². The number of allylic oxidation sites excluding steroid dienone is 2. The average Bonchev–Trinajstić information content (AvgIpc) is 2.93. The van der Waals surface area contributed by atoms with E-state index in [1.54, 1.807) is 19.1 Å². The van der Waals surface area contributed by atoms with Crippen molar-refractivity contribution in [1.29, 1.82) is 0 Å². The fraction of sp³-hybridized carbons (Fsp3) is 0.387. The summed E-state index contributed by atoms with van der Waals surface area (Å²) < 4.78 is 5.76. The number of carbonyl (C=O) groups excluding carboxylic acids is 3. The molecule has 0 radical (unpaired) electrons. The fourth-order valence-electron chi connectivity index (χ4n) is 4.09. The Balaban J connectivity index is 2.12. The topological polar surface area (TPSA) is 105 Å². The molecule has 0 saturated carbocycles. The second-order valence-electron chi connectivity index (χ2n) is 9.43. The molecule has 0 bridgehead atoms. The molecule has 3 N–H and O–H groups in total. The summed E-state index contributed by atoms with van der Waals surface area (Å²) in [5, 5.41) is 14.8. The van der Waals surface area contributed by atoms with E-state index in [9.17, 15) is 19.5 Å². The van der Waals surface area contributed by atoms with Crippen molar-refractivity contribution < 1.29 is 24.2 Å². The van der Waals surface area contributed by atoms with Crippen LogP contribution < -0.4 is 10.6 Å². The number of rotatable bonds is 17. The molecule has 0 saturated heterocycles. The fourth-order valence-corrected chi connectivity index (χ4v) is 4.09. The van der Waals surface area contributed by atoms with Crippen molar-refractivity contribution in [3.63, 3.8) is 0 Å². The maximum atomic E-state index is 13.2. The number of amides is 2. The molecule has 7 nitrogen and oxygen atoms in total. The Hall–Kier alpha value is -3.71. The van der Waals surface area contributed by atoms with E-state index >= 15 is 0 Å². The van der Waals surface area contributed by atoms with E-state index in [4.69, 9.17) is 4.74 Å². The van der Waals surface area contributed by atoms with Crippen molar-refractivity contribution in [3.05, 3.63) is 97.1 Å². The molecule has 0 aliphatic rings. The second kappa shape index (κ2) is 16.9. The van der Waals surface area contributed by atoms with Gasteiger partial charge in [0.25, 0.3) is 0 Å². The van der Waals surface area contributed by atoms with Gasteiger partial charge in [-0.3, -0.25) is 14.4 Å². The maximum Gasteiger partial charge on any atom is 0.309 e. The van der Waals surface area contributed by atoms with Crippen molar-refractivity contribution >= 4 is 17.8 Å². The number of esters is 1. The monoisotopic (exact) mass is 520 g/mol. The Kier molecular flexibility index (Phi) is 13.6. The van der Waals surface area contributed by atoms with Gasteiger partial charge in [-0.2, -0.15) is 0 Å². The molecule has 0 aromatic heterocycles. The number of hydrogen-bond donors (Lipinski definition) is 3. The highest BCUT2D eigenvalue weighted by molar-refractivity contribution is 5.86. The minimum Gasteiger partial charge on any atom is -0.463 e. The zero-order valence-corrected chi connectivity index (χ0v) is 22.2. The molecule has 0 spiro atoms. The van der Waals surface area contributed by atoms with Crippen LogP contribution in [0.5, 0.6) is 0 Å². The van der Waals surface area contributed by atoms with Gasteiger partial charge in [0, 0.05) is 12.5 Å². The number of aliphatic hydroxyl groups is 1. The van der Waals surface area contributed by atoms with E-state index in [0.29, 0.717) is 25.7 Å². The van der Waals surface area contributed by atoms with E-state index in [0.717, 1.165) is 11.1 Å². The first-order valence-electron chi connectivity index (χ1n) is 13.1. The van der Waals surface area contributed by atoms with Gasteiger partial charge >= 0.3 is 5.97 Å². The summed E-state index contributed by atoms with van der Waals surface area (Å²) in [6.07, 6.45) is 5.49. The Morgan fingerprint density at radius 2 is 1.61 bits per heavy atom. The molecular formula is C31H40N2O5. The standard InChI is InChI=1S/C31H40N2O5/c1-4-6-16-27(19-24-14-9-7-10-15-24)31(37)38-22-28(25-17-11-8-12-18-25)33-30(36)26(13-5-2)20-29(35)32-23(3)21-34/h4-5,7-12,14-15,17-18,23,26-28,34H,1-2,6,13,16,19-22H2,3H3,(H,32,35)(H,33,36). The van der Waals surface area contributed by atoms with E-state index in [1.165, 1.54) is 0 Å². The Bertz CT molecular complexity index is 1030. The Morgan fingerprint density at radius 1 is 0.947 bits per heavy atom. The molecular weight excluding hydrogens is 480 g/mol. The summed E-state index contributed by atoms with van der Waals surface area (Å²) in [5.74, 6) is -1.99. The van der Waals surface area contributed by atoms with Gasteiger partial charge in [-0.05, 0) is 43.7 Å². The predicted molar refractivity (Wildman–Crippen MR) is 149 cm³/mol. The highest BCUT2D eigenvalue weighted by atomic mass is 16.5. The third-order valence-electron chi connectivity index (χ3n) is 6.22. The molecule has 4 atom stereocenters. The van der Waals surface area contributed by atoms with E-state index in [1.807, 2.05) is 60.7 Å². The number of aliphatic hydroxyl groups excluding tert-OH is 1. The van der Waals surface area contributed by atoms with Crippen LogP contribution in [0.1, 0.15) is 49.8 Å². The third kappa shape index (κ3) is 10.7. The lowest BCUT2D eigenvalue weighted by Crippen LogP contribution is -2.41. The summed E-state index contributed by atoms with van der Waals surface area (Å²) in [6, 6.07) is 18.1. The first-order chi connectivity index (χ1) is 18.4. The van der Waals surface area contributed by atoms with Crippen molar-refractivity contribution in [2.45, 2.75) is 51.1 Å². The van der Waals surface area contributed by atoms with Crippen LogP contribution in [0.25, 0.3) is 0 Å². The molecule has 2 aromatic carbocycles. The molecule has 0 fully saturated rings. The van der Waals surface area contributed by atoms with Crippen LogP contribution >= 0.6 is 0 Å². The molecule has 4 unspecified atom stereocenters. The molecule has 2 amide bonds. The minimum absolute atomic E-state index is 0.0392. The number of hydrogen-bond acceptors (Lipinski definition) is 5. The highest BCUT2D eigenvalue weighted by Gasteiger charge is 2.27. The van der Waals surface area contributed by atoms with Crippen molar-refractivity contribution in [2.75, 3.05) is 13.2 Å². The quantitative estimate of drug-likeness (QED) is 0.213. The molecule has 0 heterocycles. The molecule has 2 rings (SSSR count). The van der Waals surface area contributed by atoms with Crippen LogP contribution in [-0.2, 0) is 25.5 Å². The number of benzene rings is 2. The minimum atomic E-state index is -0.654. The molecule has 0 aliphatic carbocycles. The van der Waals surface area contributed by atoms with Crippen LogP contribution in [-0.4, -0.2) is 42.1 Å². The van der Waals surface area contributed by atoms with E-state index in [-0.39, 0.29) is 43.3 Å². The third-order valence-corrected chi connectivity index (χ3v) is 6.22. The summed E-state index contributed by atoms with van der Waals surface area (Å²) >= 11 is 0. The number of ether oxygens (including phenoxy) is 1. The number of nitrogens with one attached hydrogen (secondary N) is 2. The van der Waals surface area contributed by atoms with Gasteiger partial charge in [-0.1, -0.05) is 72.8 Å². The average molecular weight is 521 g/mol. The zero-order chi connectivity index (χ0) is 27.8. The van der Waals surface area contributed by atoms with Crippen molar-refractivity contribution in [2.24, 2.45) is 11.8 Å². The molecule has 204 valence electrons. The van der Waals surface area contributed by atoms with Crippen molar-refractivity contribution in [1.82, 2.24) is 10.6 Å². The Labute approximate surface area is 226 Å². The summed E-state index contributed by atoms with van der Waals surface area (Å²) in [5.41, 5.74) is 1.84. The maximum absolute atomic E-state index is 13.2. The van der Waals surface area contributed by atoms with Gasteiger partial charge in [0.05, 0.1) is 24.5 Å². The molecule has 7 heteroatoms. The lowest BCUT2D eigenvalue weighted by atomic mass is 9.95.